The Morgan fingerprint density at radius 3 is 2.67 bits per heavy atom. The van der Waals surface area contributed by atoms with Gasteiger partial charge in [-0.05, 0) is 43.5 Å². The molecule has 0 aliphatic carbocycles. The van der Waals surface area contributed by atoms with Crippen LogP contribution in [-0.4, -0.2) is 33.5 Å². The van der Waals surface area contributed by atoms with Gasteiger partial charge in [0, 0.05) is 19.8 Å². The first-order valence-corrected chi connectivity index (χ1v) is 7.75. The lowest BCUT2D eigenvalue weighted by molar-refractivity contribution is 0.108. The summed E-state index contributed by atoms with van der Waals surface area (Å²) in [5.74, 6) is 2.19. The van der Waals surface area contributed by atoms with E-state index in [1.165, 1.54) is 5.56 Å². The maximum Gasteiger partial charge on any atom is 0.161 e. The number of hydrogen-bond donors (Lipinski definition) is 1. The quantitative estimate of drug-likeness (QED) is 0.636. The van der Waals surface area contributed by atoms with Crippen molar-refractivity contribution in [2.45, 2.75) is 33.7 Å². The van der Waals surface area contributed by atoms with Gasteiger partial charge in [0.1, 0.15) is 0 Å². The van der Waals surface area contributed by atoms with Crippen molar-refractivity contribution >= 4 is 0 Å². The Hall–Kier alpha value is -1.26. The third-order valence-corrected chi connectivity index (χ3v) is 2.95. The molecule has 4 heteroatoms. The van der Waals surface area contributed by atoms with Crippen LogP contribution in [0.4, 0.5) is 0 Å². The molecule has 0 heterocycles. The summed E-state index contributed by atoms with van der Waals surface area (Å²) in [4.78, 5) is 0. The van der Waals surface area contributed by atoms with Crippen molar-refractivity contribution in [3.8, 4) is 11.5 Å². The van der Waals surface area contributed by atoms with E-state index >= 15 is 0 Å². The standard InChI is InChI=1S/C17H29NO3/c1-5-21-16-8-7-15(11-17(16)19-4)12-18-9-6-10-20-13-14(2)3/h7-8,11,14,18H,5-6,9-10,12-13H2,1-4H3. The van der Waals surface area contributed by atoms with Gasteiger partial charge in [-0.15, -0.1) is 0 Å². The second-order valence-corrected chi connectivity index (χ2v) is 5.42. The van der Waals surface area contributed by atoms with E-state index < -0.39 is 0 Å². The lowest BCUT2D eigenvalue weighted by Crippen LogP contribution is -2.17. The lowest BCUT2D eigenvalue weighted by Gasteiger charge is -2.11. The Morgan fingerprint density at radius 2 is 2.00 bits per heavy atom. The van der Waals surface area contributed by atoms with E-state index in [4.69, 9.17) is 14.2 Å². The van der Waals surface area contributed by atoms with Crippen molar-refractivity contribution in [1.82, 2.24) is 5.32 Å². The largest absolute Gasteiger partial charge is 0.493 e. The van der Waals surface area contributed by atoms with Crippen LogP contribution in [0.5, 0.6) is 11.5 Å². The second-order valence-electron chi connectivity index (χ2n) is 5.42. The number of benzene rings is 1. The molecular formula is C17H29NO3. The van der Waals surface area contributed by atoms with Gasteiger partial charge in [-0.3, -0.25) is 0 Å². The molecule has 0 saturated carbocycles. The minimum atomic E-state index is 0.606. The minimum absolute atomic E-state index is 0.606. The van der Waals surface area contributed by atoms with Crippen molar-refractivity contribution in [2.75, 3.05) is 33.5 Å². The van der Waals surface area contributed by atoms with Gasteiger partial charge in [0.25, 0.3) is 0 Å². The monoisotopic (exact) mass is 295 g/mol. The van der Waals surface area contributed by atoms with Crippen LogP contribution in [0.1, 0.15) is 32.8 Å². The molecule has 1 aromatic carbocycles. The zero-order valence-electron chi connectivity index (χ0n) is 13.8. The zero-order valence-corrected chi connectivity index (χ0v) is 13.8. The number of hydrogen-bond acceptors (Lipinski definition) is 4. The topological polar surface area (TPSA) is 39.7 Å². The molecule has 0 aliphatic rings. The van der Waals surface area contributed by atoms with Crippen molar-refractivity contribution in [3.63, 3.8) is 0 Å². The average molecular weight is 295 g/mol. The highest BCUT2D eigenvalue weighted by atomic mass is 16.5. The predicted octanol–water partition coefficient (Wildman–Crippen LogP) is 3.25. The Balaban J connectivity index is 2.26. The summed E-state index contributed by atoms with van der Waals surface area (Å²) in [6, 6.07) is 6.05. The Kier molecular flexibility index (Phi) is 8.87. The van der Waals surface area contributed by atoms with Gasteiger partial charge in [0.15, 0.2) is 11.5 Å². The number of ether oxygens (including phenoxy) is 3. The summed E-state index contributed by atoms with van der Waals surface area (Å²) >= 11 is 0. The maximum absolute atomic E-state index is 5.55. The normalized spacial score (nSPS) is 10.9. The van der Waals surface area contributed by atoms with E-state index in [0.717, 1.165) is 44.2 Å². The molecule has 1 rings (SSSR count). The van der Waals surface area contributed by atoms with Crippen LogP contribution < -0.4 is 14.8 Å². The highest BCUT2D eigenvalue weighted by Gasteiger charge is 2.04. The van der Waals surface area contributed by atoms with Gasteiger partial charge in [0.2, 0.25) is 0 Å². The first-order chi connectivity index (χ1) is 10.2. The van der Waals surface area contributed by atoms with Crippen LogP contribution >= 0.6 is 0 Å². The summed E-state index contributed by atoms with van der Waals surface area (Å²) in [7, 11) is 1.67. The van der Waals surface area contributed by atoms with Gasteiger partial charge in [-0.2, -0.15) is 0 Å². The van der Waals surface area contributed by atoms with Crippen molar-refractivity contribution < 1.29 is 14.2 Å². The lowest BCUT2D eigenvalue weighted by atomic mass is 10.2. The molecule has 0 unspecified atom stereocenters. The van der Waals surface area contributed by atoms with E-state index in [1.54, 1.807) is 7.11 Å². The molecule has 21 heavy (non-hydrogen) atoms. The first kappa shape index (κ1) is 17.8. The predicted molar refractivity (Wildman–Crippen MR) is 86.1 cm³/mol. The van der Waals surface area contributed by atoms with Gasteiger partial charge in [-0.25, -0.2) is 0 Å². The fourth-order valence-corrected chi connectivity index (χ4v) is 1.95. The molecule has 0 atom stereocenters. The van der Waals surface area contributed by atoms with Crippen molar-refractivity contribution in [3.05, 3.63) is 23.8 Å². The first-order valence-electron chi connectivity index (χ1n) is 7.75. The van der Waals surface area contributed by atoms with E-state index in [0.29, 0.717) is 12.5 Å². The van der Waals surface area contributed by atoms with Gasteiger partial charge < -0.3 is 19.5 Å². The molecule has 1 N–H and O–H groups in total. The molecule has 0 radical (unpaired) electrons. The highest BCUT2D eigenvalue weighted by molar-refractivity contribution is 5.42. The van der Waals surface area contributed by atoms with Gasteiger partial charge >= 0.3 is 0 Å². The molecule has 0 spiro atoms. The number of nitrogens with one attached hydrogen (secondary N) is 1. The molecule has 120 valence electrons. The molecule has 0 aliphatic heterocycles. The van der Waals surface area contributed by atoms with Gasteiger partial charge in [0.05, 0.1) is 13.7 Å². The third kappa shape index (κ3) is 7.34. The molecule has 0 bridgehead atoms. The number of methoxy groups -OCH3 is 1. The number of rotatable bonds is 11. The zero-order chi connectivity index (χ0) is 15.5. The van der Waals surface area contributed by atoms with E-state index in [1.807, 2.05) is 19.1 Å². The SMILES string of the molecule is CCOc1ccc(CNCCCOCC(C)C)cc1OC. The fourth-order valence-electron chi connectivity index (χ4n) is 1.95. The van der Waals surface area contributed by atoms with E-state index in [-0.39, 0.29) is 0 Å². The molecule has 4 nitrogen and oxygen atoms in total. The minimum Gasteiger partial charge on any atom is -0.493 e. The highest BCUT2D eigenvalue weighted by Crippen LogP contribution is 2.27. The van der Waals surface area contributed by atoms with E-state index in [9.17, 15) is 0 Å². The molecule has 0 saturated heterocycles. The molecule has 0 fully saturated rings. The summed E-state index contributed by atoms with van der Waals surface area (Å²) in [5.41, 5.74) is 1.19. The van der Waals surface area contributed by atoms with Crippen LogP contribution in [0.2, 0.25) is 0 Å². The van der Waals surface area contributed by atoms with Crippen LogP contribution in [0.3, 0.4) is 0 Å². The van der Waals surface area contributed by atoms with Crippen LogP contribution in [0.15, 0.2) is 18.2 Å². The van der Waals surface area contributed by atoms with Crippen LogP contribution in [-0.2, 0) is 11.3 Å². The van der Waals surface area contributed by atoms with Crippen LogP contribution in [0.25, 0.3) is 0 Å². The molecular weight excluding hydrogens is 266 g/mol. The van der Waals surface area contributed by atoms with Crippen LogP contribution in [0, 0.1) is 5.92 Å². The van der Waals surface area contributed by atoms with E-state index in [2.05, 4.69) is 25.2 Å². The third-order valence-electron chi connectivity index (χ3n) is 2.95. The average Bonchev–Trinajstić information content (AvgIpc) is 2.47. The Bertz CT molecular complexity index is 394. The molecule has 0 amide bonds. The Morgan fingerprint density at radius 1 is 1.19 bits per heavy atom. The summed E-state index contributed by atoms with van der Waals surface area (Å²) in [6.45, 7) is 10.4. The second kappa shape index (κ2) is 10.5. The smallest absolute Gasteiger partial charge is 0.161 e. The maximum atomic E-state index is 5.55. The molecule has 1 aromatic rings. The fraction of sp³-hybridized carbons (Fsp3) is 0.647. The van der Waals surface area contributed by atoms with Gasteiger partial charge in [-0.1, -0.05) is 19.9 Å². The molecule has 0 aromatic heterocycles. The van der Waals surface area contributed by atoms with Crippen molar-refractivity contribution in [2.24, 2.45) is 5.92 Å². The van der Waals surface area contributed by atoms with Crippen molar-refractivity contribution in [1.29, 1.82) is 0 Å². The summed E-state index contributed by atoms with van der Waals surface area (Å²) < 4.78 is 16.4. The summed E-state index contributed by atoms with van der Waals surface area (Å²) in [5, 5.41) is 3.42. The summed E-state index contributed by atoms with van der Waals surface area (Å²) in [6.07, 6.45) is 1.03. The Labute approximate surface area is 128 Å².